The molecule has 4 heterocycles. The van der Waals surface area contributed by atoms with Crippen molar-refractivity contribution < 1.29 is 123 Å². The average molecular weight is 964 g/mol. The predicted molar refractivity (Wildman–Crippen MR) is 210 cm³/mol. The van der Waals surface area contributed by atoms with E-state index in [-0.39, 0.29) is 39.0 Å². The van der Waals surface area contributed by atoms with E-state index in [9.17, 15) is 85.6 Å². The minimum absolute atomic E-state index is 0.111. The zero-order valence-corrected chi connectivity index (χ0v) is 36.0. The molecule has 0 aromatic rings. The van der Waals surface area contributed by atoms with Gasteiger partial charge in [-0.3, -0.25) is 14.4 Å². The lowest BCUT2D eigenvalue weighted by atomic mass is 9.96. The molecule has 0 aromatic carbocycles. The first-order valence-corrected chi connectivity index (χ1v) is 21.4. The van der Waals surface area contributed by atoms with E-state index in [0.29, 0.717) is 12.7 Å². The van der Waals surface area contributed by atoms with E-state index in [1.165, 1.54) is 6.92 Å². The van der Waals surface area contributed by atoms with Crippen molar-refractivity contribution in [2.75, 3.05) is 59.2 Å². The average Bonchev–Trinajstić information content (AvgIpc) is 3.29. The van der Waals surface area contributed by atoms with E-state index in [2.05, 4.69) is 10.6 Å². The lowest BCUT2D eigenvalue weighted by Crippen LogP contribution is -2.65. The quantitative estimate of drug-likeness (QED) is 0.0315. The monoisotopic (exact) mass is 963 g/mol. The minimum atomic E-state index is -1.97. The van der Waals surface area contributed by atoms with Crippen LogP contribution >= 0.6 is 0 Å². The van der Waals surface area contributed by atoms with Gasteiger partial charge >= 0.3 is 0 Å². The maximum Gasteiger partial charge on any atom is 0.239 e. The molecule has 3 amide bonds. The van der Waals surface area contributed by atoms with Crippen LogP contribution in [0.25, 0.3) is 0 Å². The van der Waals surface area contributed by atoms with E-state index in [0.717, 1.165) is 4.90 Å². The number of hydrogen-bond donors (Lipinski definition) is 15. The minimum Gasteiger partial charge on any atom is -0.394 e. The topological polar surface area (TPSA) is 432 Å². The van der Waals surface area contributed by atoms with Crippen LogP contribution in [0.15, 0.2) is 0 Å². The SMILES string of the molecule is C[C@@H]1O[C@@H](OCCNC(=O)CN(CC(=O)NCCO[C@H]2O[C@H](CO[C@H]3O[C@H](CO)[C@@H](O)[C@H](O)[C@@H]3O)[C@@H](O)[C@H](O[C@H]3O[C@H](CO)[C@@H](O)[C@H](O)[C@@H]3O)[C@@H]2O)C(=O)CCCCC=O)[C@@H](O)[C@H](O)[C@@H]1O. The van der Waals surface area contributed by atoms with Gasteiger partial charge in [-0.2, -0.15) is 0 Å². The van der Waals surface area contributed by atoms with Crippen LogP contribution < -0.4 is 10.6 Å². The number of ether oxygens (including phenoxy) is 8. The Hall–Kier alpha value is -2.76. The predicted octanol–water partition coefficient (Wildman–Crippen LogP) is -9.88. The van der Waals surface area contributed by atoms with Crippen molar-refractivity contribution in [3.63, 3.8) is 0 Å². The van der Waals surface area contributed by atoms with E-state index in [1.54, 1.807) is 0 Å². The van der Waals surface area contributed by atoms with Gasteiger partial charge in [0.05, 0.1) is 39.1 Å². The van der Waals surface area contributed by atoms with E-state index in [1.807, 2.05) is 0 Å². The number of aliphatic hydroxyl groups is 13. The van der Waals surface area contributed by atoms with Crippen LogP contribution in [-0.2, 0) is 57.1 Å². The van der Waals surface area contributed by atoms with E-state index in [4.69, 9.17) is 37.9 Å². The number of nitrogens with one attached hydrogen (secondary N) is 2. The highest BCUT2D eigenvalue weighted by atomic mass is 16.8. The molecule has 4 fully saturated rings. The zero-order valence-electron chi connectivity index (χ0n) is 36.0. The van der Waals surface area contributed by atoms with Crippen LogP contribution in [0.3, 0.4) is 0 Å². The summed E-state index contributed by atoms with van der Waals surface area (Å²) in [4.78, 5) is 50.7. The van der Waals surface area contributed by atoms with Gasteiger partial charge in [-0.05, 0) is 19.8 Å². The molecule has 28 heteroatoms. The van der Waals surface area contributed by atoms with Gasteiger partial charge in [0.25, 0.3) is 0 Å². The first-order chi connectivity index (χ1) is 31.3. The Morgan fingerprint density at radius 2 is 1.03 bits per heavy atom. The van der Waals surface area contributed by atoms with E-state index >= 15 is 0 Å². The van der Waals surface area contributed by atoms with Gasteiger partial charge in [0.2, 0.25) is 17.7 Å². The molecule has 0 radical (unpaired) electrons. The van der Waals surface area contributed by atoms with Crippen molar-refractivity contribution in [3.05, 3.63) is 0 Å². The lowest BCUT2D eigenvalue weighted by Gasteiger charge is -2.46. The Kier molecular flexibility index (Phi) is 22.7. The first-order valence-electron chi connectivity index (χ1n) is 21.4. The molecule has 4 rings (SSSR count). The van der Waals surface area contributed by atoms with E-state index < -0.39 is 180 Å². The number of aldehydes is 1. The fraction of sp³-hybridized carbons (Fsp3) is 0.895. The Balaban J connectivity index is 1.36. The number of aliphatic hydroxyl groups excluding tert-OH is 13. The van der Waals surface area contributed by atoms with Crippen LogP contribution in [0, 0.1) is 0 Å². The fourth-order valence-corrected chi connectivity index (χ4v) is 7.30. The van der Waals surface area contributed by atoms with Crippen LogP contribution in [-0.4, -0.2) is 277 Å². The van der Waals surface area contributed by atoms with Gasteiger partial charge in [0.15, 0.2) is 25.2 Å². The molecule has 66 heavy (non-hydrogen) atoms. The number of rotatable bonds is 24. The molecule has 0 spiro atoms. The molecule has 382 valence electrons. The van der Waals surface area contributed by atoms with Gasteiger partial charge in [-0.25, -0.2) is 0 Å². The van der Waals surface area contributed by atoms with Crippen molar-refractivity contribution in [3.8, 4) is 0 Å². The summed E-state index contributed by atoms with van der Waals surface area (Å²) in [6, 6.07) is 0. The molecule has 28 nitrogen and oxygen atoms in total. The van der Waals surface area contributed by atoms with Crippen molar-refractivity contribution >= 4 is 24.0 Å². The maximum atomic E-state index is 13.1. The summed E-state index contributed by atoms with van der Waals surface area (Å²) < 4.78 is 44.0. The third-order valence-electron chi connectivity index (χ3n) is 11.3. The maximum absolute atomic E-state index is 13.1. The number of amides is 3. The van der Waals surface area contributed by atoms with Gasteiger partial charge in [0, 0.05) is 25.9 Å². The molecule has 15 N–H and O–H groups in total. The number of nitrogens with zero attached hydrogens (tertiary/aromatic N) is 1. The molecule has 20 atom stereocenters. The van der Waals surface area contributed by atoms with Gasteiger partial charge in [-0.15, -0.1) is 0 Å². The second-order valence-corrected chi connectivity index (χ2v) is 16.1. The summed E-state index contributed by atoms with van der Waals surface area (Å²) in [6.45, 7) is -3.21. The van der Waals surface area contributed by atoms with Crippen LogP contribution in [0.1, 0.15) is 32.6 Å². The van der Waals surface area contributed by atoms with Crippen LogP contribution in [0.4, 0.5) is 0 Å². The molecular formula is C38H65N3O25. The smallest absolute Gasteiger partial charge is 0.239 e. The number of carbonyl (C=O) groups is 4. The van der Waals surface area contributed by atoms with Crippen LogP contribution in [0.2, 0.25) is 0 Å². The summed E-state index contributed by atoms with van der Waals surface area (Å²) in [6.07, 6.45) is -31.6. The third kappa shape index (κ3) is 14.9. The number of hydrogen-bond acceptors (Lipinski definition) is 25. The molecule has 4 saturated heterocycles. The number of carbonyl (C=O) groups excluding carboxylic acids is 4. The van der Waals surface area contributed by atoms with Gasteiger partial charge in [0.1, 0.15) is 111 Å². The Morgan fingerprint density at radius 3 is 1.56 bits per heavy atom. The van der Waals surface area contributed by atoms with Crippen molar-refractivity contribution in [1.29, 1.82) is 0 Å². The molecule has 0 aliphatic carbocycles. The Labute approximate surface area is 377 Å². The zero-order chi connectivity index (χ0) is 48.8. The molecule has 4 aliphatic rings. The van der Waals surface area contributed by atoms with Crippen molar-refractivity contribution in [1.82, 2.24) is 15.5 Å². The Morgan fingerprint density at radius 1 is 0.561 bits per heavy atom. The highest BCUT2D eigenvalue weighted by Crippen LogP contribution is 2.31. The van der Waals surface area contributed by atoms with Crippen molar-refractivity contribution in [2.45, 2.75) is 155 Å². The molecule has 0 bridgehead atoms. The molecule has 0 unspecified atom stereocenters. The second kappa shape index (κ2) is 26.8. The highest BCUT2D eigenvalue weighted by Gasteiger charge is 2.52. The summed E-state index contributed by atoms with van der Waals surface area (Å²) in [5.74, 6) is -2.08. The molecule has 0 aromatic heterocycles. The van der Waals surface area contributed by atoms with Gasteiger partial charge in [-0.1, -0.05) is 0 Å². The lowest BCUT2D eigenvalue weighted by molar-refractivity contribution is -0.366. The van der Waals surface area contributed by atoms with Crippen LogP contribution in [0.5, 0.6) is 0 Å². The third-order valence-corrected chi connectivity index (χ3v) is 11.3. The summed E-state index contributed by atoms with van der Waals surface area (Å²) in [5.41, 5.74) is 0. The second-order valence-electron chi connectivity index (χ2n) is 16.1. The molecular weight excluding hydrogens is 898 g/mol. The summed E-state index contributed by atoms with van der Waals surface area (Å²) in [7, 11) is 0. The summed E-state index contributed by atoms with van der Waals surface area (Å²) in [5, 5.41) is 138. The standard InChI is InChI=1S/C38H65N3O25/c1-16-23(48)27(52)30(55)35(62-16)59-9-6-39-20(45)11-41(22(47)5-3-2-4-8-42)12-21(46)40-7-10-60-37-33(58)34(66-38-32(57)29(54)25(50)18(14-44)64-38)26(51)19(65-37)15-61-36-31(56)28(53)24(49)17(13-43)63-36/h8,16-19,23-38,43-44,48-58H,2-7,9-15H2,1H3,(H,39,45)(H,40,46)/t16-,17+,18+,19+,23+,24+,25+,26+,27+,28-,29-,30-,31-,32-,33-,34-,35+,36-,37-,38+/m0/s1. The van der Waals surface area contributed by atoms with Crippen molar-refractivity contribution in [2.24, 2.45) is 0 Å². The molecule has 4 aliphatic heterocycles. The molecule has 0 saturated carbocycles. The Bertz CT molecular complexity index is 1500. The van der Waals surface area contributed by atoms with Gasteiger partial charge < -0.3 is 125 Å². The highest BCUT2D eigenvalue weighted by molar-refractivity contribution is 5.89. The largest absolute Gasteiger partial charge is 0.394 e. The first kappa shape index (κ1) is 55.8. The summed E-state index contributed by atoms with van der Waals surface area (Å²) >= 11 is 0. The fourth-order valence-electron chi connectivity index (χ4n) is 7.30. The number of unbranched alkanes of at least 4 members (excludes halogenated alkanes) is 2. The normalized spacial score (nSPS) is 39.5.